The molecular weight excluding hydrogens is 497 g/mol. The van der Waals surface area contributed by atoms with E-state index in [2.05, 4.69) is 20.1 Å². The van der Waals surface area contributed by atoms with Gasteiger partial charge in [0.25, 0.3) is 11.8 Å². The van der Waals surface area contributed by atoms with Crippen molar-refractivity contribution < 1.29 is 46.8 Å². The van der Waals surface area contributed by atoms with E-state index in [9.17, 15) is 27.9 Å². The molecule has 9 nitrogen and oxygen atoms in total. The lowest BCUT2D eigenvalue weighted by atomic mass is 9.60. The van der Waals surface area contributed by atoms with Gasteiger partial charge in [0, 0.05) is 11.6 Å². The molecule has 3 fully saturated rings. The van der Waals surface area contributed by atoms with Gasteiger partial charge in [-0.1, -0.05) is 0 Å². The van der Waals surface area contributed by atoms with Crippen molar-refractivity contribution in [1.82, 2.24) is 10.6 Å². The molecule has 1 heterocycles. The summed E-state index contributed by atoms with van der Waals surface area (Å²) in [7, 11) is 0. The van der Waals surface area contributed by atoms with Crippen molar-refractivity contribution in [3.05, 3.63) is 48.3 Å². The van der Waals surface area contributed by atoms with E-state index in [4.69, 9.17) is 9.47 Å². The number of nitrogens with one attached hydrogen (secondary N) is 2. The van der Waals surface area contributed by atoms with E-state index >= 15 is 0 Å². The second-order valence-electron chi connectivity index (χ2n) is 9.56. The van der Waals surface area contributed by atoms with E-state index < -0.39 is 41.1 Å². The largest absolute Gasteiger partial charge is 0.586 e. The van der Waals surface area contributed by atoms with Crippen LogP contribution >= 0.6 is 0 Å². The quantitative estimate of drug-likeness (QED) is 0.488. The lowest BCUT2D eigenvalue weighted by molar-refractivity contribution is -0.286. The fourth-order valence-corrected chi connectivity index (χ4v) is 5.16. The molecular formula is C25H25F3N2O7. The molecule has 0 spiro atoms. The van der Waals surface area contributed by atoms with Gasteiger partial charge in [0.05, 0.1) is 11.6 Å². The van der Waals surface area contributed by atoms with Crippen LogP contribution in [0.2, 0.25) is 0 Å². The van der Waals surface area contributed by atoms with E-state index in [1.165, 1.54) is 42.5 Å². The molecule has 1 aliphatic heterocycles. The van der Waals surface area contributed by atoms with Crippen LogP contribution in [0.1, 0.15) is 32.1 Å². The fraction of sp³-hybridized carbons (Fsp3) is 0.440. The van der Waals surface area contributed by atoms with E-state index in [-0.39, 0.29) is 36.9 Å². The molecule has 198 valence electrons. The zero-order valence-corrected chi connectivity index (χ0v) is 19.6. The van der Waals surface area contributed by atoms with Gasteiger partial charge in [0.2, 0.25) is 0 Å². The lowest BCUT2D eigenvalue weighted by Crippen LogP contribution is -2.70. The van der Waals surface area contributed by atoms with Crippen molar-refractivity contribution in [2.45, 2.75) is 55.6 Å². The summed E-state index contributed by atoms with van der Waals surface area (Å²) in [5.74, 6) is -1.06. The Balaban J connectivity index is 1.11. The van der Waals surface area contributed by atoms with E-state index in [1.54, 1.807) is 0 Å². The molecule has 37 heavy (non-hydrogen) atoms. The second-order valence-corrected chi connectivity index (χ2v) is 9.56. The first-order valence-corrected chi connectivity index (χ1v) is 11.8. The molecule has 2 amide bonds. The van der Waals surface area contributed by atoms with Crippen LogP contribution in [0.3, 0.4) is 0 Å². The Hall–Kier alpha value is -3.67. The number of aliphatic hydroxyl groups is 1. The summed E-state index contributed by atoms with van der Waals surface area (Å²) in [5.41, 5.74) is -1.46. The summed E-state index contributed by atoms with van der Waals surface area (Å²) >= 11 is 0. The summed E-state index contributed by atoms with van der Waals surface area (Å²) in [6.45, 7) is -0.646. The number of carbonyl (C=O) groups excluding carboxylic acids is 2. The topological polar surface area (TPSA) is 115 Å². The van der Waals surface area contributed by atoms with Crippen molar-refractivity contribution in [1.29, 1.82) is 0 Å². The van der Waals surface area contributed by atoms with Crippen LogP contribution in [0.4, 0.5) is 13.2 Å². The van der Waals surface area contributed by atoms with Gasteiger partial charge in [-0.15, -0.1) is 8.78 Å². The average molecular weight is 522 g/mol. The highest BCUT2D eigenvalue weighted by Gasteiger charge is 2.55. The third-order valence-electron chi connectivity index (χ3n) is 7.04. The first kappa shape index (κ1) is 25.0. The number of halogens is 3. The standard InChI is InChI=1S/C25H25F3N2O7/c26-15-1-3-16(4-2-15)34-14-22(33)30-24-9-7-23(8-10-24,12-20(24)31)29-21(32)13-35-17-5-6-18-19(11-17)37-25(27,28)36-18/h1-6,11,20,31H,7-10,12-14H2,(H,29,32)(H,30,33)/t20-,23?,24?/m0/s1. The van der Waals surface area contributed by atoms with Crippen molar-refractivity contribution in [3.8, 4) is 23.0 Å². The first-order chi connectivity index (χ1) is 17.6. The SMILES string of the molecule is O=C(COc1ccc2c(c1)OC(F)(F)O2)NC12CCC(NC(=O)COc3ccc(F)cc3)(CC1)[C@@H](O)C2. The number of aliphatic hydroxyl groups excluding tert-OH is 1. The number of amides is 2. The van der Waals surface area contributed by atoms with Crippen LogP contribution < -0.4 is 29.6 Å². The van der Waals surface area contributed by atoms with Crippen LogP contribution in [-0.4, -0.2) is 53.6 Å². The second kappa shape index (κ2) is 9.33. The monoisotopic (exact) mass is 522 g/mol. The number of rotatable bonds is 8. The molecule has 0 radical (unpaired) electrons. The lowest BCUT2D eigenvalue weighted by Gasteiger charge is -2.56. The Bertz CT molecular complexity index is 1180. The Morgan fingerprint density at radius 1 is 0.892 bits per heavy atom. The van der Waals surface area contributed by atoms with Gasteiger partial charge in [-0.3, -0.25) is 9.59 Å². The predicted octanol–water partition coefficient (Wildman–Crippen LogP) is 2.65. The summed E-state index contributed by atoms with van der Waals surface area (Å²) in [6, 6.07) is 9.16. The van der Waals surface area contributed by atoms with Crippen molar-refractivity contribution in [2.24, 2.45) is 0 Å². The van der Waals surface area contributed by atoms with Crippen LogP contribution in [0.15, 0.2) is 42.5 Å². The van der Waals surface area contributed by atoms with Gasteiger partial charge in [0.15, 0.2) is 24.7 Å². The number of alkyl halides is 2. The summed E-state index contributed by atoms with van der Waals surface area (Å²) < 4.78 is 58.9. The van der Waals surface area contributed by atoms with Gasteiger partial charge >= 0.3 is 6.29 Å². The van der Waals surface area contributed by atoms with Gasteiger partial charge < -0.3 is 34.7 Å². The van der Waals surface area contributed by atoms with Crippen molar-refractivity contribution in [3.63, 3.8) is 0 Å². The molecule has 2 aromatic carbocycles. The average Bonchev–Trinajstić information content (AvgIpc) is 3.16. The molecule has 6 rings (SSSR count). The number of hydrogen-bond acceptors (Lipinski definition) is 7. The minimum Gasteiger partial charge on any atom is -0.484 e. The molecule has 1 atom stereocenters. The molecule has 0 unspecified atom stereocenters. The van der Waals surface area contributed by atoms with Crippen molar-refractivity contribution in [2.75, 3.05) is 13.2 Å². The summed E-state index contributed by atoms with van der Waals surface area (Å²) in [4.78, 5) is 25.1. The highest BCUT2D eigenvalue weighted by Crippen LogP contribution is 2.47. The van der Waals surface area contributed by atoms with E-state index in [1.807, 2.05) is 0 Å². The fourth-order valence-electron chi connectivity index (χ4n) is 5.16. The molecule has 2 bridgehead atoms. The molecule has 12 heteroatoms. The maximum absolute atomic E-state index is 13.2. The molecule has 0 saturated heterocycles. The Morgan fingerprint density at radius 3 is 2.16 bits per heavy atom. The third kappa shape index (κ3) is 5.38. The normalized spacial score (nSPS) is 26.9. The molecule has 3 saturated carbocycles. The summed E-state index contributed by atoms with van der Waals surface area (Å²) in [6.07, 6.45) is -2.41. The molecule has 4 aliphatic rings. The zero-order chi connectivity index (χ0) is 26.3. The Kier molecular flexibility index (Phi) is 6.30. The maximum atomic E-state index is 13.2. The van der Waals surface area contributed by atoms with Crippen LogP contribution in [0.5, 0.6) is 23.0 Å². The minimum absolute atomic E-state index is 0.128. The molecule has 0 aromatic heterocycles. The smallest absolute Gasteiger partial charge is 0.484 e. The predicted molar refractivity (Wildman–Crippen MR) is 121 cm³/mol. The summed E-state index contributed by atoms with van der Waals surface area (Å²) in [5, 5.41) is 16.7. The minimum atomic E-state index is -3.75. The third-order valence-corrected chi connectivity index (χ3v) is 7.04. The van der Waals surface area contributed by atoms with Gasteiger partial charge in [-0.05, 0) is 68.5 Å². The highest BCUT2D eigenvalue weighted by atomic mass is 19.3. The zero-order valence-electron chi connectivity index (χ0n) is 19.6. The van der Waals surface area contributed by atoms with Crippen LogP contribution in [-0.2, 0) is 9.59 Å². The highest BCUT2D eigenvalue weighted by molar-refractivity contribution is 5.79. The van der Waals surface area contributed by atoms with Crippen molar-refractivity contribution >= 4 is 11.8 Å². The maximum Gasteiger partial charge on any atom is 0.586 e. The Morgan fingerprint density at radius 2 is 1.49 bits per heavy atom. The number of hydrogen-bond donors (Lipinski definition) is 3. The van der Waals surface area contributed by atoms with Gasteiger partial charge in [-0.2, -0.15) is 0 Å². The number of ether oxygens (including phenoxy) is 4. The number of fused-ring (bicyclic) bond motifs is 4. The molecule has 3 aliphatic carbocycles. The van der Waals surface area contributed by atoms with Crippen LogP contribution in [0, 0.1) is 5.82 Å². The number of benzene rings is 2. The number of carbonyl (C=O) groups is 2. The van der Waals surface area contributed by atoms with E-state index in [0.29, 0.717) is 31.4 Å². The van der Waals surface area contributed by atoms with Gasteiger partial charge in [-0.25, -0.2) is 4.39 Å². The first-order valence-electron chi connectivity index (χ1n) is 11.8. The van der Waals surface area contributed by atoms with Crippen LogP contribution in [0.25, 0.3) is 0 Å². The van der Waals surface area contributed by atoms with Gasteiger partial charge in [0.1, 0.15) is 17.3 Å². The Labute approximate surface area is 209 Å². The van der Waals surface area contributed by atoms with E-state index in [0.717, 1.165) is 0 Å². The molecule has 3 N–H and O–H groups in total. The molecule has 2 aromatic rings.